The first-order valence-corrected chi connectivity index (χ1v) is 12.8. The average molecular weight is 521 g/mol. The van der Waals surface area contributed by atoms with Crippen LogP contribution in [0.4, 0.5) is 0 Å². The van der Waals surface area contributed by atoms with Crippen LogP contribution in [0.15, 0.2) is 127 Å². The van der Waals surface area contributed by atoms with Gasteiger partial charge in [0.05, 0.1) is 11.6 Å². The molecule has 0 spiro atoms. The fourth-order valence-electron chi connectivity index (χ4n) is 4.57. The Morgan fingerprint density at radius 3 is 1.79 bits per heavy atom. The van der Waals surface area contributed by atoms with Crippen LogP contribution < -0.4 is 0 Å². The van der Waals surface area contributed by atoms with E-state index in [1.165, 1.54) is 0 Å². The lowest BCUT2D eigenvalue weighted by atomic mass is 9.98. The molecule has 0 aliphatic carbocycles. The summed E-state index contributed by atoms with van der Waals surface area (Å²) in [5.74, 6) is 1.67. The molecule has 1 heterocycles. The van der Waals surface area contributed by atoms with Gasteiger partial charge in [-0.3, -0.25) is 0 Å². The highest BCUT2D eigenvalue weighted by molar-refractivity contribution is 6.31. The van der Waals surface area contributed by atoms with Gasteiger partial charge in [0.2, 0.25) is 0 Å². The van der Waals surface area contributed by atoms with E-state index in [1.807, 2.05) is 127 Å². The first-order chi connectivity index (χ1) is 19.2. The summed E-state index contributed by atoms with van der Waals surface area (Å²) in [5.41, 5.74) is 6.94. The number of nitrogens with zero attached hydrogens (tertiary/aromatic N) is 4. The molecular formula is C34H21ClN4. The molecule has 0 N–H and O–H groups in total. The van der Waals surface area contributed by atoms with Crippen molar-refractivity contribution < 1.29 is 0 Å². The third kappa shape index (κ3) is 5.04. The lowest BCUT2D eigenvalue weighted by Crippen LogP contribution is -2.01. The van der Waals surface area contributed by atoms with Gasteiger partial charge in [0.25, 0.3) is 0 Å². The van der Waals surface area contributed by atoms with Crippen molar-refractivity contribution in [2.75, 3.05) is 0 Å². The lowest BCUT2D eigenvalue weighted by molar-refractivity contribution is 1.07. The summed E-state index contributed by atoms with van der Waals surface area (Å²) in [7, 11) is 0. The van der Waals surface area contributed by atoms with Crippen LogP contribution in [0.1, 0.15) is 5.56 Å². The van der Waals surface area contributed by atoms with Crippen molar-refractivity contribution in [1.82, 2.24) is 15.0 Å². The Kier molecular flexibility index (Phi) is 6.66. The molecule has 5 heteroatoms. The zero-order valence-electron chi connectivity index (χ0n) is 20.8. The van der Waals surface area contributed by atoms with E-state index in [0.29, 0.717) is 28.1 Å². The van der Waals surface area contributed by atoms with Gasteiger partial charge >= 0.3 is 0 Å². The Bertz CT molecular complexity index is 1830. The number of rotatable bonds is 5. The third-order valence-electron chi connectivity index (χ3n) is 6.45. The molecule has 39 heavy (non-hydrogen) atoms. The van der Waals surface area contributed by atoms with Crippen LogP contribution in [0.25, 0.3) is 56.4 Å². The SMILES string of the molecule is N#Cc1ccccc1-c1cccc(-c2nc(-c3ccccc3)nc(-c3ccc(Cl)cc3-c3ccccc3)n2)c1. The van der Waals surface area contributed by atoms with Gasteiger partial charge in [-0.25, -0.2) is 15.0 Å². The zero-order chi connectivity index (χ0) is 26.6. The van der Waals surface area contributed by atoms with Crippen molar-refractivity contribution in [3.05, 3.63) is 138 Å². The summed E-state index contributed by atoms with van der Waals surface area (Å²) in [6.07, 6.45) is 0. The molecule has 6 aromatic rings. The summed E-state index contributed by atoms with van der Waals surface area (Å²) < 4.78 is 0. The second-order valence-electron chi connectivity index (χ2n) is 8.97. The van der Waals surface area contributed by atoms with Gasteiger partial charge in [-0.15, -0.1) is 0 Å². The van der Waals surface area contributed by atoms with Gasteiger partial charge in [-0.05, 0) is 52.6 Å². The van der Waals surface area contributed by atoms with Gasteiger partial charge in [-0.1, -0.05) is 109 Å². The van der Waals surface area contributed by atoms with Crippen molar-refractivity contribution in [3.8, 4) is 62.5 Å². The fourth-order valence-corrected chi connectivity index (χ4v) is 4.74. The minimum absolute atomic E-state index is 0.545. The van der Waals surface area contributed by atoms with Crippen molar-refractivity contribution in [2.24, 2.45) is 0 Å². The highest BCUT2D eigenvalue weighted by Crippen LogP contribution is 2.35. The largest absolute Gasteiger partial charge is 0.208 e. The van der Waals surface area contributed by atoms with Crippen LogP contribution >= 0.6 is 11.6 Å². The molecule has 0 amide bonds. The molecule has 0 aliphatic rings. The Hall–Kier alpha value is -5.11. The van der Waals surface area contributed by atoms with E-state index in [1.54, 1.807) is 0 Å². The summed E-state index contributed by atoms with van der Waals surface area (Å²) in [5, 5.41) is 10.3. The smallest absolute Gasteiger partial charge is 0.164 e. The molecule has 4 nitrogen and oxygen atoms in total. The standard InChI is InChI=1S/C34H21ClN4/c35-28-18-19-30(31(21-28)23-10-3-1-4-11-23)34-38-32(24-12-5-2-6-13-24)37-33(39-34)26-16-9-15-25(20-26)29-17-8-7-14-27(29)22-36/h1-21H. The fraction of sp³-hybridized carbons (Fsp3) is 0. The van der Waals surface area contributed by atoms with Crippen molar-refractivity contribution >= 4 is 11.6 Å². The molecule has 5 aromatic carbocycles. The number of benzene rings is 5. The first kappa shape index (κ1) is 24.2. The predicted molar refractivity (Wildman–Crippen MR) is 157 cm³/mol. The summed E-state index contributed by atoms with van der Waals surface area (Å²) in [4.78, 5) is 14.8. The minimum atomic E-state index is 0.545. The van der Waals surface area contributed by atoms with E-state index < -0.39 is 0 Å². The van der Waals surface area contributed by atoms with Crippen LogP contribution in [0.2, 0.25) is 5.02 Å². The van der Waals surface area contributed by atoms with Gasteiger partial charge in [-0.2, -0.15) is 5.26 Å². The molecule has 0 radical (unpaired) electrons. The molecule has 0 saturated carbocycles. The molecule has 0 saturated heterocycles. The minimum Gasteiger partial charge on any atom is -0.208 e. The number of hydrogen-bond acceptors (Lipinski definition) is 4. The van der Waals surface area contributed by atoms with Crippen molar-refractivity contribution in [1.29, 1.82) is 5.26 Å². The van der Waals surface area contributed by atoms with Gasteiger partial charge in [0.1, 0.15) is 0 Å². The quantitative estimate of drug-likeness (QED) is 0.228. The number of nitriles is 1. The van der Waals surface area contributed by atoms with E-state index in [9.17, 15) is 5.26 Å². The normalized spacial score (nSPS) is 10.7. The topological polar surface area (TPSA) is 62.5 Å². The van der Waals surface area contributed by atoms with Crippen molar-refractivity contribution in [3.63, 3.8) is 0 Å². The number of hydrogen-bond donors (Lipinski definition) is 0. The van der Waals surface area contributed by atoms with E-state index in [4.69, 9.17) is 26.6 Å². The van der Waals surface area contributed by atoms with Crippen molar-refractivity contribution in [2.45, 2.75) is 0 Å². The lowest BCUT2D eigenvalue weighted by Gasteiger charge is -2.13. The molecule has 6 rings (SSSR count). The number of aromatic nitrogens is 3. The molecule has 1 aromatic heterocycles. The third-order valence-corrected chi connectivity index (χ3v) is 6.69. The van der Waals surface area contributed by atoms with Crippen LogP contribution in [-0.2, 0) is 0 Å². The first-order valence-electron chi connectivity index (χ1n) is 12.5. The summed E-state index contributed by atoms with van der Waals surface area (Å²) in [6, 6.07) is 43.5. The Labute approximate surface area is 231 Å². The van der Waals surface area contributed by atoms with E-state index in [0.717, 1.165) is 38.9 Å². The van der Waals surface area contributed by atoms with Gasteiger partial charge < -0.3 is 0 Å². The maximum absolute atomic E-state index is 9.64. The highest BCUT2D eigenvalue weighted by Gasteiger charge is 2.16. The average Bonchev–Trinajstić information content (AvgIpc) is 3.01. The maximum atomic E-state index is 9.64. The predicted octanol–water partition coefficient (Wildman–Crippen LogP) is 8.73. The van der Waals surface area contributed by atoms with E-state index >= 15 is 0 Å². The van der Waals surface area contributed by atoms with E-state index in [2.05, 4.69) is 6.07 Å². The number of halogens is 1. The highest BCUT2D eigenvalue weighted by atomic mass is 35.5. The monoisotopic (exact) mass is 520 g/mol. The van der Waals surface area contributed by atoms with E-state index in [-0.39, 0.29) is 0 Å². The molecule has 0 unspecified atom stereocenters. The Morgan fingerprint density at radius 1 is 0.462 bits per heavy atom. The van der Waals surface area contributed by atoms with Gasteiger partial charge in [0, 0.05) is 21.7 Å². The molecular weight excluding hydrogens is 500 g/mol. The van der Waals surface area contributed by atoms with Crippen LogP contribution in [0.5, 0.6) is 0 Å². The second kappa shape index (κ2) is 10.7. The Balaban J connectivity index is 1.56. The van der Waals surface area contributed by atoms with Crippen LogP contribution in [0.3, 0.4) is 0 Å². The summed E-state index contributed by atoms with van der Waals surface area (Å²) in [6.45, 7) is 0. The van der Waals surface area contributed by atoms with Gasteiger partial charge in [0.15, 0.2) is 17.5 Å². The maximum Gasteiger partial charge on any atom is 0.164 e. The zero-order valence-corrected chi connectivity index (χ0v) is 21.5. The van der Waals surface area contributed by atoms with Crippen LogP contribution in [-0.4, -0.2) is 15.0 Å². The second-order valence-corrected chi connectivity index (χ2v) is 9.40. The molecule has 0 aliphatic heterocycles. The van der Waals surface area contributed by atoms with Crippen LogP contribution in [0, 0.1) is 11.3 Å². The molecule has 0 atom stereocenters. The summed E-state index contributed by atoms with van der Waals surface area (Å²) >= 11 is 6.43. The molecule has 184 valence electrons. The molecule has 0 fully saturated rings. The Morgan fingerprint density at radius 2 is 1.05 bits per heavy atom. The molecule has 0 bridgehead atoms.